The Kier molecular flexibility index (Phi) is 2.31. The van der Waals surface area contributed by atoms with Gasteiger partial charge in [0.1, 0.15) is 0 Å². The van der Waals surface area contributed by atoms with E-state index < -0.39 is 17.9 Å². The van der Waals surface area contributed by atoms with Crippen molar-refractivity contribution in [2.75, 3.05) is 0 Å². The van der Waals surface area contributed by atoms with Crippen LogP contribution in [0.5, 0.6) is 0 Å². The summed E-state index contributed by atoms with van der Waals surface area (Å²) in [6, 6.07) is 0. The van der Waals surface area contributed by atoms with Crippen molar-refractivity contribution in [3.8, 4) is 0 Å². The SMILES string of the molecule is O=C(O)CC1C2CC(C1C(=O)[O-])C1C3CCC(C3)C21. The van der Waals surface area contributed by atoms with E-state index in [1.165, 1.54) is 19.3 Å². The fourth-order valence-corrected chi connectivity index (χ4v) is 6.54. The molecule has 0 amide bonds. The second-order valence-electron chi connectivity index (χ2n) is 7.16. The molecule has 0 aromatic heterocycles. The van der Waals surface area contributed by atoms with Gasteiger partial charge in [0.15, 0.2) is 0 Å². The number of aliphatic carboxylic acids is 2. The Labute approximate surface area is 112 Å². The first kappa shape index (κ1) is 11.7. The number of carboxylic acids is 2. The Morgan fingerprint density at radius 3 is 2.26 bits per heavy atom. The van der Waals surface area contributed by atoms with Crippen LogP contribution in [-0.4, -0.2) is 17.0 Å². The summed E-state index contributed by atoms with van der Waals surface area (Å²) in [5.74, 6) is 0.684. The molecule has 4 heteroatoms. The van der Waals surface area contributed by atoms with E-state index in [-0.39, 0.29) is 18.3 Å². The van der Waals surface area contributed by atoms with Crippen molar-refractivity contribution < 1.29 is 19.8 Å². The van der Waals surface area contributed by atoms with Crippen LogP contribution < -0.4 is 5.11 Å². The quantitative estimate of drug-likeness (QED) is 0.762. The smallest absolute Gasteiger partial charge is 0.303 e. The number of rotatable bonds is 3. The van der Waals surface area contributed by atoms with Gasteiger partial charge in [-0.05, 0) is 67.1 Å². The zero-order valence-corrected chi connectivity index (χ0v) is 10.8. The van der Waals surface area contributed by atoms with Crippen molar-refractivity contribution in [3.05, 3.63) is 0 Å². The molecule has 0 aliphatic heterocycles. The van der Waals surface area contributed by atoms with Gasteiger partial charge in [-0.25, -0.2) is 0 Å². The second-order valence-corrected chi connectivity index (χ2v) is 7.16. The van der Waals surface area contributed by atoms with E-state index in [1.54, 1.807) is 0 Å². The predicted molar refractivity (Wildman–Crippen MR) is 63.6 cm³/mol. The van der Waals surface area contributed by atoms with Gasteiger partial charge in [0.05, 0.1) is 0 Å². The molecule has 19 heavy (non-hydrogen) atoms. The van der Waals surface area contributed by atoms with Crippen molar-refractivity contribution in [2.24, 2.45) is 47.3 Å². The van der Waals surface area contributed by atoms with Gasteiger partial charge < -0.3 is 15.0 Å². The molecule has 0 saturated heterocycles. The molecule has 104 valence electrons. The lowest BCUT2D eigenvalue weighted by Gasteiger charge is -2.43. The zero-order valence-electron chi connectivity index (χ0n) is 10.8. The lowest BCUT2D eigenvalue weighted by Crippen LogP contribution is -2.46. The fraction of sp³-hybridized carbons (Fsp3) is 0.867. The van der Waals surface area contributed by atoms with E-state index in [9.17, 15) is 14.7 Å². The summed E-state index contributed by atoms with van der Waals surface area (Å²) in [5, 5.41) is 20.5. The van der Waals surface area contributed by atoms with Crippen LogP contribution in [0.1, 0.15) is 32.1 Å². The lowest BCUT2D eigenvalue weighted by molar-refractivity contribution is -0.316. The highest BCUT2D eigenvalue weighted by atomic mass is 16.4. The van der Waals surface area contributed by atoms with Crippen molar-refractivity contribution >= 4 is 11.9 Å². The third kappa shape index (κ3) is 1.40. The minimum atomic E-state index is -1.00. The second kappa shape index (κ2) is 3.74. The molecule has 0 heterocycles. The third-order valence-corrected chi connectivity index (χ3v) is 6.73. The highest BCUT2D eigenvalue weighted by molar-refractivity contribution is 5.73. The molecular formula is C15H19O4-. The average Bonchev–Trinajstić information content (AvgIpc) is 3.04. The van der Waals surface area contributed by atoms with Crippen LogP contribution in [0.3, 0.4) is 0 Å². The first-order valence-electron chi connectivity index (χ1n) is 7.50. The minimum absolute atomic E-state index is 0.0143. The van der Waals surface area contributed by atoms with Crippen molar-refractivity contribution in [1.29, 1.82) is 0 Å². The van der Waals surface area contributed by atoms with Crippen LogP contribution in [0.4, 0.5) is 0 Å². The Hall–Kier alpha value is -1.06. The molecule has 8 unspecified atom stereocenters. The van der Waals surface area contributed by atoms with Crippen LogP contribution in [0, 0.1) is 47.3 Å². The van der Waals surface area contributed by atoms with E-state index in [0.29, 0.717) is 17.8 Å². The van der Waals surface area contributed by atoms with E-state index in [2.05, 4.69) is 0 Å². The minimum Gasteiger partial charge on any atom is -0.550 e. The number of carbonyl (C=O) groups is 2. The molecule has 4 aliphatic carbocycles. The van der Waals surface area contributed by atoms with Crippen LogP contribution in [-0.2, 0) is 9.59 Å². The largest absolute Gasteiger partial charge is 0.550 e. The van der Waals surface area contributed by atoms with Crippen LogP contribution in [0.15, 0.2) is 0 Å². The van der Waals surface area contributed by atoms with E-state index >= 15 is 0 Å². The molecule has 4 saturated carbocycles. The van der Waals surface area contributed by atoms with Gasteiger partial charge in [-0.15, -0.1) is 0 Å². The summed E-state index contributed by atoms with van der Waals surface area (Å²) in [6.45, 7) is 0. The Morgan fingerprint density at radius 2 is 1.68 bits per heavy atom. The van der Waals surface area contributed by atoms with Crippen LogP contribution in [0.2, 0.25) is 0 Å². The zero-order chi connectivity index (χ0) is 13.3. The Balaban J connectivity index is 1.67. The molecule has 4 bridgehead atoms. The molecule has 4 nitrogen and oxygen atoms in total. The van der Waals surface area contributed by atoms with Crippen LogP contribution in [0.25, 0.3) is 0 Å². The number of fused-ring (bicyclic) bond motifs is 9. The maximum absolute atomic E-state index is 11.5. The molecule has 0 spiro atoms. The van der Waals surface area contributed by atoms with E-state index in [0.717, 1.165) is 18.3 Å². The van der Waals surface area contributed by atoms with E-state index in [1.807, 2.05) is 0 Å². The standard InChI is InChI=1S/C15H20O4/c16-11(17)5-9-8-4-10(14(9)15(18)19)13-7-2-1-6(3-7)12(8)13/h6-10,12-14H,1-5H2,(H,16,17)(H,18,19)/p-1. The number of carboxylic acid groups (broad SMARTS) is 2. The van der Waals surface area contributed by atoms with Gasteiger partial charge in [-0.1, -0.05) is 0 Å². The summed E-state index contributed by atoms with van der Waals surface area (Å²) < 4.78 is 0. The summed E-state index contributed by atoms with van der Waals surface area (Å²) in [4.78, 5) is 22.5. The van der Waals surface area contributed by atoms with Gasteiger partial charge >= 0.3 is 5.97 Å². The van der Waals surface area contributed by atoms with Crippen molar-refractivity contribution in [1.82, 2.24) is 0 Å². The first-order chi connectivity index (χ1) is 9.08. The molecule has 1 N–H and O–H groups in total. The summed E-state index contributed by atoms with van der Waals surface area (Å²) in [7, 11) is 0. The molecule has 4 rings (SSSR count). The maximum Gasteiger partial charge on any atom is 0.303 e. The summed E-state index contributed by atoms with van der Waals surface area (Å²) in [5.41, 5.74) is 0. The molecule has 4 fully saturated rings. The van der Waals surface area contributed by atoms with Crippen LogP contribution >= 0.6 is 0 Å². The maximum atomic E-state index is 11.5. The van der Waals surface area contributed by atoms with E-state index in [4.69, 9.17) is 5.11 Å². The van der Waals surface area contributed by atoms with Crippen molar-refractivity contribution in [2.45, 2.75) is 32.1 Å². The van der Waals surface area contributed by atoms with Crippen molar-refractivity contribution in [3.63, 3.8) is 0 Å². The number of hydrogen-bond acceptors (Lipinski definition) is 3. The Morgan fingerprint density at radius 1 is 1.05 bits per heavy atom. The lowest BCUT2D eigenvalue weighted by atomic mass is 9.62. The normalized spacial score (nSPS) is 53.5. The number of carbonyl (C=O) groups excluding carboxylic acids is 1. The Bertz CT molecular complexity index is 445. The predicted octanol–water partition coefficient (Wildman–Crippen LogP) is 0.755. The van der Waals surface area contributed by atoms with Gasteiger partial charge in [0, 0.05) is 18.3 Å². The first-order valence-corrected chi connectivity index (χ1v) is 7.50. The molecule has 4 aliphatic rings. The molecule has 8 atom stereocenters. The molecule has 0 aromatic carbocycles. The van der Waals surface area contributed by atoms with Gasteiger partial charge in [0.25, 0.3) is 0 Å². The highest BCUT2D eigenvalue weighted by Gasteiger charge is 2.65. The monoisotopic (exact) mass is 263 g/mol. The molecule has 0 aromatic rings. The molecular weight excluding hydrogens is 244 g/mol. The number of hydrogen-bond donors (Lipinski definition) is 1. The van der Waals surface area contributed by atoms with Gasteiger partial charge in [-0.2, -0.15) is 0 Å². The average molecular weight is 263 g/mol. The topological polar surface area (TPSA) is 77.4 Å². The highest BCUT2D eigenvalue weighted by Crippen LogP contribution is 2.70. The molecule has 0 radical (unpaired) electrons. The fourth-order valence-electron chi connectivity index (χ4n) is 6.54. The third-order valence-electron chi connectivity index (χ3n) is 6.73. The van der Waals surface area contributed by atoms with Gasteiger partial charge in [0.2, 0.25) is 0 Å². The summed E-state index contributed by atoms with van der Waals surface area (Å²) in [6.07, 6.45) is 4.77. The van der Waals surface area contributed by atoms with Gasteiger partial charge in [-0.3, -0.25) is 4.79 Å². The summed E-state index contributed by atoms with van der Waals surface area (Å²) >= 11 is 0.